The van der Waals surface area contributed by atoms with Crippen LogP contribution in [0.25, 0.3) is 11.0 Å². The summed E-state index contributed by atoms with van der Waals surface area (Å²) in [5, 5.41) is 6.25. The van der Waals surface area contributed by atoms with Crippen molar-refractivity contribution in [3.63, 3.8) is 0 Å². The van der Waals surface area contributed by atoms with Gasteiger partial charge in [-0.2, -0.15) is 0 Å². The van der Waals surface area contributed by atoms with Crippen LogP contribution < -0.4 is 10.6 Å². The molecule has 2 aromatic rings. The first kappa shape index (κ1) is 14.0. The molecule has 0 radical (unpaired) electrons. The fourth-order valence-electron chi connectivity index (χ4n) is 2.52. The molecule has 1 aliphatic heterocycles. The second-order valence-corrected chi connectivity index (χ2v) is 5.36. The van der Waals surface area contributed by atoms with Gasteiger partial charge in [0.05, 0.1) is 30.3 Å². The van der Waals surface area contributed by atoms with E-state index >= 15 is 0 Å². The number of fused-ring (bicyclic) bond motifs is 1. The predicted molar refractivity (Wildman–Crippen MR) is 79.9 cm³/mol. The Hall–Kier alpha value is -1.92. The molecule has 1 aliphatic rings. The summed E-state index contributed by atoms with van der Waals surface area (Å²) in [5.41, 5.74) is 1.90. The van der Waals surface area contributed by atoms with E-state index in [1.807, 2.05) is 31.2 Å². The molecule has 3 N–H and O–H groups in total. The fraction of sp³-hybridized carbons (Fsp3) is 0.467. The van der Waals surface area contributed by atoms with Gasteiger partial charge in [0, 0.05) is 19.0 Å². The number of hydrogen-bond acceptors (Lipinski definition) is 4. The SMILES string of the molecule is CC(NC(=O)CC1COCCN1)c1nc2ccccc2[nH]1. The van der Waals surface area contributed by atoms with Crippen molar-refractivity contribution in [1.29, 1.82) is 0 Å². The van der Waals surface area contributed by atoms with Crippen molar-refractivity contribution in [1.82, 2.24) is 20.6 Å². The lowest BCUT2D eigenvalue weighted by molar-refractivity contribution is -0.123. The van der Waals surface area contributed by atoms with E-state index < -0.39 is 0 Å². The lowest BCUT2D eigenvalue weighted by atomic mass is 10.2. The molecule has 112 valence electrons. The highest BCUT2D eigenvalue weighted by atomic mass is 16.5. The van der Waals surface area contributed by atoms with E-state index in [0.717, 1.165) is 23.4 Å². The summed E-state index contributed by atoms with van der Waals surface area (Å²) in [5.74, 6) is 0.781. The van der Waals surface area contributed by atoms with Crippen molar-refractivity contribution in [3.05, 3.63) is 30.1 Å². The Morgan fingerprint density at radius 1 is 1.52 bits per heavy atom. The maximum Gasteiger partial charge on any atom is 0.222 e. The van der Waals surface area contributed by atoms with E-state index in [-0.39, 0.29) is 18.0 Å². The number of carbonyl (C=O) groups is 1. The number of morpholine rings is 1. The Balaban J connectivity index is 1.59. The molecule has 1 aromatic heterocycles. The van der Waals surface area contributed by atoms with Crippen LogP contribution in [-0.2, 0) is 9.53 Å². The average molecular weight is 288 g/mol. The number of nitrogens with one attached hydrogen (secondary N) is 3. The molecule has 2 unspecified atom stereocenters. The Labute approximate surface area is 123 Å². The third-order valence-corrected chi connectivity index (χ3v) is 3.63. The van der Waals surface area contributed by atoms with Crippen LogP contribution >= 0.6 is 0 Å². The summed E-state index contributed by atoms with van der Waals surface area (Å²) < 4.78 is 5.35. The summed E-state index contributed by atoms with van der Waals surface area (Å²) in [6, 6.07) is 7.79. The monoisotopic (exact) mass is 288 g/mol. The van der Waals surface area contributed by atoms with Gasteiger partial charge in [-0.25, -0.2) is 4.98 Å². The molecular formula is C15H20N4O2. The smallest absolute Gasteiger partial charge is 0.222 e. The van der Waals surface area contributed by atoms with Gasteiger partial charge in [-0.15, -0.1) is 0 Å². The summed E-state index contributed by atoms with van der Waals surface area (Å²) in [4.78, 5) is 19.8. The zero-order chi connectivity index (χ0) is 14.7. The minimum absolute atomic E-state index is 0.00551. The maximum absolute atomic E-state index is 12.1. The number of ether oxygens (including phenoxy) is 1. The van der Waals surface area contributed by atoms with Gasteiger partial charge in [-0.3, -0.25) is 4.79 Å². The number of carbonyl (C=O) groups excluding carboxylic acids is 1. The molecule has 6 heteroatoms. The van der Waals surface area contributed by atoms with Crippen LogP contribution in [0.15, 0.2) is 24.3 Å². The first-order valence-corrected chi connectivity index (χ1v) is 7.27. The molecule has 0 aliphatic carbocycles. The van der Waals surface area contributed by atoms with E-state index in [0.29, 0.717) is 19.6 Å². The number of aromatic nitrogens is 2. The number of para-hydroxylation sites is 2. The Kier molecular flexibility index (Phi) is 4.17. The quantitative estimate of drug-likeness (QED) is 0.787. The number of rotatable bonds is 4. The molecule has 1 aromatic carbocycles. The second kappa shape index (κ2) is 6.24. The van der Waals surface area contributed by atoms with E-state index in [4.69, 9.17) is 4.74 Å². The van der Waals surface area contributed by atoms with Gasteiger partial charge in [-0.1, -0.05) is 12.1 Å². The second-order valence-electron chi connectivity index (χ2n) is 5.36. The van der Waals surface area contributed by atoms with Crippen molar-refractivity contribution >= 4 is 16.9 Å². The van der Waals surface area contributed by atoms with Crippen LogP contribution in [0.4, 0.5) is 0 Å². The number of nitrogens with zero attached hydrogens (tertiary/aromatic N) is 1. The van der Waals surface area contributed by atoms with E-state index in [1.165, 1.54) is 0 Å². The van der Waals surface area contributed by atoms with Crippen LogP contribution in [0, 0.1) is 0 Å². The predicted octanol–water partition coefficient (Wildman–Crippen LogP) is 1.12. The van der Waals surface area contributed by atoms with Gasteiger partial charge in [0.15, 0.2) is 0 Å². The first-order chi connectivity index (χ1) is 10.2. The van der Waals surface area contributed by atoms with Crippen molar-refractivity contribution in [2.45, 2.75) is 25.4 Å². The minimum atomic E-state index is -0.144. The molecular weight excluding hydrogens is 268 g/mol. The molecule has 2 atom stereocenters. The van der Waals surface area contributed by atoms with Crippen molar-refractivity contribution < 1.29 is 9.53 Å². The highest BCUT2D eigenvalue weighted by Crippen LogP contribution is 2.15. The van der Waals surface area contributed by atoms with Gasteiger partial charge in [-0.05, 0) is 19.1 Å². The number of aromatic amines is 1. The summed E-state index contributed by atoms with van der Waals surface area (Å²) in [6.07, 6.45) is 0.421. The highest BCUT2D eigenvalue weighted by Gasteiger charge is 2.19. The Bertz CT molecular complexity index is 586. The van der Waals surface area contributed by atoms with Crippen molar-refractivity contribution in [2.24, 2.45) is 0 Å². The van der Waals surface area contributed by atoms with Crippen LogP contribution in [0.2, 0.25) is 0 Å². The van der Waals surface area contributed by atoms with Crippen LogP contribution in [0.1, 0.15) is 25.2 Å². The highest BCUT2D eigenvalue weighted by molar-refractivity contribution is 5.78. The Morgan fingerprint density at radius 3 is 3.14 bits per heavy atom. The van der Waals surface area contributed by atoms with Crippen molar-refractivity contribution in [2.75, 3.05) is 19.8 Å². The van der Waals surface area contributed by atoms with Crippen LogP contribution in [0.3, 0.4) is 0 Å². The maximum atomic E-state index is 12.1. The molecule has 3 rings (SSSR count). The van der Waals surface area contributed by atoms with Gasteiger partial charge in [0.2, 0.25) is 5.91 Å². The van der Waals surface area contributed by atoms with Crippen LogP contribution in [0.5, 0.6) is 0 Å². The minimum Gasteiger partial charge on any atom is -0.378 e. The summed E-state index contributed by atoms with van der Waals surface area (Å²) >= 11 is 0. The molecule has 1 saturated heterocycles. The normalized spacial score (nSPS) is 20.3. The van der Waals surface area contributed by atoms with Gasteiger partial charge >= 0.3 is 0 Å². The third kappa shape index (κ3) is 3.40. The van der Waals surface area contributed by atoms with Gasteiger partial charge in [0.25, 0.3) is 0 Å². The average Bonchev–Trinajstić information content (AvgIpc) is 2.92. The summed E-state index contributed by atoms with van der Waals surface area (Å²) in [7, 11) is 0. The molecule has 2 heterocycles. The third-order valence-electron chi connectivity index (χ3n) is 3.63. The summed E-state index contributed by atoms with van der Waals surface area (Å²) in [6.45, 7) is 4.04. The number of hydrogen-bond donors (Lipinski definition) is 3. The number of benzene rings is 1. The van der Waals surface area contributed by atoms with Crippen LogP contribution in [-0.4, -0.2) is 41.7 Å². The molecule has 0 spiro atoms. The fourth-order valence-corrected chi connectivity index (χ4v) is 2.52. The molecule has 0 bridgehead atoms. The number of H-pyrrole nitrogens is 1. The van der Waals surface area contributed by atoms with Crippen molar-refractivity contribution in [3.8, 4) is 0 Å². The number of imidazole rings is 1. The van der Waals surface area contributed by atoms with Gasteiger partial charge < -0.3 is 20.4 Å². The standard InChI is InChI=1S/C15H20N4O2/c1-10(15-18-12-4-2-3-5-13(12)19-15)17-14(20)8-11-9-21-7-6-16-11/h2-5,10-11,16H,6-9H2,1H3,(H,17,20)(H,18,19). The lowest BCUT2D eigenvalue weighted by Crippen LogP contribution is -2.44. The molecule has 1 amide bonds. The number of amides is 1. The Morgan fingerprint density at radius 2 is 2.38 bits per heavy atom. The van der Waals surface area contributed by atoms with E-state index in [9.17, 15) is 4.79 Å². The molecule has 0 saturated carbocycles. The largest absolute Gasteiger partial charge is 0.378 e. The molecule has 6 nitrogen and oxygen atoms in total. The van der Waals surface area contributed by atoms with E-state index in [2.05, 4.69) is 20.6 Å². The zero-order valence-electron chi connectivity index (χ0n) is 12.1. The molecule has 21 heavy (non-hydrogen) atoms. The van der Waals surface area contributed by atoms with Gasteiger partial charge in [0.1, 0.15) is 5.82 Å². The van der Waals surface area contributed by atoms with E-state index in [1.54, 1.807) is 0 Å². The lowest BCUT2D eigenvalue weighted by Gasteiger charge is -2.23. The first-order valence-electron chi connectivity index (χ1n) is 7.27. The molecule has 1 fully saturated rings. The zero-order valence-corrected chi connectivity index (χ0v) is 12.1. The topological polar surface area (TPSA) is 79.0 Å².